The van der Waals surface area contributed by atoms with E-state index in [4.69, 9.17) is 0 Å². The third-order valence-electron chi connectivity index (χ3n) is 9.66. The third kappa shape index (κ3) is 94.7. The highest BCUT2D eigenvalue weighted by molar-refractivity contribution is 5.31. The van der Waals surface area contributed by atoms with Crippen molar-refractivity contribution in [1.29, 1.82) is 0 Å². The van der Waals surface area contributed by atoms with Crippen molar-refractivity contribution in [3.05, 3.63) is 120 Å². The van der Waals surface area contributed by atoms with Gasteiger partial charge < -0.3 is 14.4 Å². The van der Waals surface area contributed by atoms with Gasteiger partial charge in [-0.1, -0.05) is 267 Å². The molecule has 11 heteroatoms. The summed E-state index contributed by atoms with van der Waals surface area (Å²) in [5.74, 6) is -0.326. The fourth-order valence-corrected chi connectivity index (χ4v) is 5.34. The highest BCUT2D eigenvalue weighted by atomic mass is 19.4. The smallest absolute Gasteiger partial charge is 0.406 e. The minimum Gasteiger partial charge on any atom is -0.406 e. The Hall–Kier alpha value is -4.12. The van der Waals surface area contributed by atoms with Gasteiger partial charge in [0.2, 0.25) is 0 Å². The minimum atomic E-state index is -4.61. The van der Waals surface area contributed by atoms with Crippen molar-refractivity contribution in [2.45, 2.75) is 272 Å². The SMILES string of the molecule is CCC.CCCC.CCCCC.CCCCCC.CCCCCCC.CCCCCCCC.CCCN(C)C.Cc1cccc(OC(F)(F)F)c1.Cc1ccccc1OC(F)(F)F.Cc1ccccn1.Cc1cccnc1. The highest BCUT2D eigenvalue weighted by Crippen LogP contribution is 2.25. The van der Waals surface area contributed by atoms with Crippen LogP contribution in [0.15, 0.2) is 97.5 Å². The normalized spacial score (nSPS) is 9.64. The Morgan fingerprint density at radius 1 is 0.416 bits per heavy atom. The molecule has 0 spiro atoms. The van der Waals surface area contributed by atoms with Crippen molar-refractivity contribution in [2.24, 2.45) is 0 Å². The molecule has 0 aliphatic heterocycles. The molecule has 0 N–H and O–H groups in total. The van der Waals surface area contributed by atoms with Gasteiger partial charge in [0.25, 0.3) is 0 Å². The van der Waals surface area contributed by atoms with Crippen LogP contribution in [-0.2, 0) is 0 Å². The Morgan fingerprint density at radius 2 is 0.831 bits per heavy atom. The topological polar surface area (TPSA) is 47.5 Å². The van der Waals surface area contributed by atoms with Gasteiger partial charge in [-0.3, -0.25) is 9.97 Å². The highest BCUT2D eigenvalue weighted by Gasteiger charge is 2.32. The van der Waals surface area contributed by atoms with E-state index in [0.717, 1.165) is 11.3 Å². The minimum absolute atomic E-state index is 0.148. The monoisotopic (exact) mass is 1100 g/mol. The number of benzene rings is 2. The maximum atomic E-state index is 11.7. The first-order valence-corrected chi connectivity index (χ1v) is 29.5. The van der Waals surface area contributed by atoms with Crippen LogP contribution in [-0.4, -0.2) is 48.2 Å². The number of aryl methyl sites for hydroxylation is 4. The molecule has 0 bridgehead atoms. The molecule has 0 amide bonds. The standard InChI is InChI=1S/2C8H7F3O.C8H18.C7H16.2C6H7N.C6H14.C5H13N.C5H12.C4H10.C3H8/c1-6-3-2-4-7(5-6)12-8(9,10)11;1-6-4-2-3-5-7(6)12-8(9,10)11;1-3-5-7-8-6-4-2;1-3-5-7-6-4-2;1-6-3-2-4-7-5-6;1-6-4-2-3-5-7-6;1-3-5-6-4-2;1-4-5-6(2)3;1-3-5-4-2;1-3-4-2;1-3-2/h2*2-5H,1H3;3-8H2,1-2H3;3-7H2,1-2H3;2*2-5H,1H3;3-6H2,1-2H3;4-5H2,1-3H3;3-5H2,1-2H3;3-4H2,1-2H3;3H2,1-2H3. The molecule has 0 saturated carbocycles. The molecule has 4 rings (SSSR count). The second-order valence-corrected chi connectivity index (χ2v) is 18.7. The number of aromatic nitrogens is 2. The molecular weight excluding hydrogens is 981 g/mol. The second kappa shape index (κ2) is 69.9. The number of hydrogen-bond donors (Lipinski definition) is 0. The second-order valence-electron chi connectivity index (χ2n) is 18.7. The lowest BCUT2D eigenvalue weighted by Gasteiger charge is -2.10. The molecule has 0 saturated heterocycles. The maximum Gasteiger partial charge on any atom is 0.573 e. The van der Waals surface area contributed by atoms with E-state index in [1.54, 1.807) is 44.4 Å². The summed E-state index contributed by atoms with van der Waals surface area (Å²) in [6.45, 7) is 37.1. The molecule has 0 aliphatic rings. The number of unbranched alkanes of at least 4 members (excludes halogenated alkanes) is 15. The average Bonchev–Trinajstić information content (AvgIpc) is 3.37. The Labute approximate surface area is 472 Å². The van der Waals surface area contributed by atoms with Gasteiger partial charge >= 0.3 is 12.7 Å². The van der Waals surface area contributed by atoms with E-state index in [1.165, 1.54) is 184 Å². The fourth-order valence-electron chi connectivity index (χ4n) is 5.34. The van der Waals surface area contributed by atoms with Gasteiger partial charge in [0.15, 0.2) is 0 Å². The number of halogens is 6. The van der Waals surface area contributed by atoms with Crippen LogP contribution >= 0.6 is 0 Å². The van der Waals surface area contributed by atoms with Crippen LogP contribution in [0.25, 0.3) is 0 Å². The van der Waals surface area contributed by atoms with Crippen LogP contribution in [0, 0.1) is 27.7 Å². The van der Waals surface area contributed by atoms with E-state index in [1.807, 2.05) is 50.4 Å². The zero-order chi connectivity index (χ0) is 60.4. The van der Waals surface area contributed by atoms with Gasteiger partial charge in [-0.05, 0) is 108 Å². The van der Waals surface area contributed by atoms with Crippen molar-refractivity contribution < 1.29 is 35.8 Å². The molecule has 0 radical (unpaired) electrons. The van der Waals surface area contributed by atoms with Crippen molar-refractivity contribution in [3.63, 3.8) is 0 Å². The summed E-state index contributed by atoms with van der Waals surface area (Å²) in [4.78, 5) is 10.0. The van der Waals surface area contributed by atoms with Crippen molar-refractivity contribution in [3.8, 4) is 11.5 Å². The summed E-state index contributed by atoms with van der Waals surface area (Å²) in [6, 6.07) is 21.6. The Bertz CT molecular complexity index is 1570. The van der Waals surface area contributed by atoms with E-state index in [-0.39, 0.29) is 11.5 Å². The summed E-state index contributed by atoms with van der Waals surface area (Å²) >= 11 is 0. The van der Waals surface area contributed by atoms with Gasteiger partial charge in [0.1, 0.15) is 11.5 Å². The zero-order valence-corrected chi connectivity index (χ0v) is 52.9. The van der Waals surface area contributed by atoms with Crippen LogP contribution in [0.3, 0.4) is 0 Å². The number of ether oxygens (including phenoxy) is 2. The number of rotatable bonds is 19. The van der Waals surface area contributed by atoms with E-state index >= 15 is 0 Å². The van der Waals surface area contributed by atoms with Crippen LogP contribution in [0.2, 0.25) is 0 Å². The Morgan fingerprint density at radius 3 is 1.09 bits per heavy atom. The molecule has 2 aromatic carbocycles. The third-order valence-corrected chi connectivity index (χ3v) is 9.66. The molecule has 4 aromatic rings. The first kappa shape index (κ1) is 86.8. The lowest BCUT2D eigenvalue weighted by molar-refractivity contribution is -0.275. The quantitative estimate of drug-likeness (QED) is 0.0692. The molecule has 2 heterocycles. The molecule has 0 fully saturated rings. The summed E-state index contributed by atoms with van der Waals surface area (Å²) < 4.78 is 77.5. The number of para-hydroxylation sites is 1. The number of hydrogen-bond acceptors (Lipinski definition) is 5. The van der Waals surface area contributed by atoms with Crippen molar-refractivity contribution in [1.82, 2.24) is 14.9 Å². The van der Waals surface area contributed by atoms with E-state index < -0.39 is 12.7 Å². The first-order chi connectivity index (χ1) is 36.5. The van der Waals surface area contributed by atoms with Crippen LogP contribution in [0.1, 0.15) is 254 Å². The summed E-state index contributed by atoms with van der Waals surface area (Å²) in [5, 5.41) is 0. The fraction of sp³-hybridized carbons (Fsp3) is 0.667. The summed E-state index contributed by atoms with van der Waals surface area (Å²) in [5.41, 5.74) is 3.48. The van der Waals surface area contributed by atoms with Crippen molar-refractivity contribution >= 4 is 0 Å². The van der Waals surface area contributed by atoms with Crippen LogP contribution in [0.4, 0.5) is 26.3 Å². The van der Waals surface area contributed by atoms with Gasteiger partial charge in [-0.2, -0.15) is 0 Å². The molecule has 0 aliphatic carbocycles. The molecule has 2 aromatic heterocycles. The molecule has 0 unspecified atom stereocenters. The van der Waals surface area contributed by atoms with E-state index in [0.29, 0.717) is 5.56 Å². The average molecular weight is 1100 g/mol. The van der Waals surface area contributed by atoms with Gasteiger partial charge in [0, 0.05) is 24.3 Å². The molecule has 452 valence electrons. The van der Waals surface area contributed by atoms with E-state index in [2.05, 4.69) is 128 Å². The molecule has 5 nitrogen and oxygen atoms in total. The largest absolute Gasteiger partial charge is 0.573 e. The van der Waals surface area contributed by atoms with Crippen LogP contribution in [0.5, 0.6) is 11.5 Å². The summed E-state index contributed by atoms with van der Waals surface area (Å²) in [6.07, 6.45) is 26.4. The van der Waals surface area contributed by atoms with Crippen molar-refractivity contribution in [2.75, 3.05) is 20.6 Å². The molecular formula is C66H119F6N3O2. The molecule has 77 heavy (non-hydrogen) atoms. The zero-order valence-electron chi connectivity index (χ0n) is 52.9. The molecule has 0 atom stereocenters. The van der Waals surface area contributed by atoms with Gasteiger partial charge in [-0.25, -0.2) is 0 Å². The van der Waals surface area contributed by atoms with Crippen LogP contribution < -0.4 is 9.47 Å². The number of pyridine rings is 2. The van der Waals surface area contributed by atoms with Gasteiger partial charge in [0.05, 0.1) is 0 Å². The van der Waals surface area contributed by atoms with E-state index in [9.17, 15) is 26.3 Å². The lowest BCUT2D eigenvalue weighted by Crippen LogP contribution is -2.17. The Balaban J connectivity index is -0.000000143. The first-order valence-electron chi connectivity index (χ1n) is 29.5. The summed E-state index contributed by atoms with van der Waals surface area (Å²) in [7, 11) is 4.17. The predicted octanol–water partition coefficient (Wildman–Crippen LogP) is 23.9. The lowest BCUT2D eigenvalue weighted by atomic mass is 10.1. The predicted molar refractivity (Wildman–Crippen MR) is 328 cm³/mol. The maximum absolute atomic E-state index is 11.7. The number of alkyl halides is 6. The number of nitrogens with zero attached hydrogens (tertiary/aromatic N) is 3. The Kier molecular flexibility index (Phi) is 78.8. The van der Waals surface area contributed by atoms with Gasteiger partial charge in [-0.15, -0.1) is 26.3 Å².